The lowest BCUT2D eigenvalue weighted by Crippen LogP contribution is -2.53. The van der Waals surface area contributed by atoms with Crippen LogP contribution in [0.4, 0.5) is 5.69 Å². The van der Waals surface area contributed by atoms with Crippen molar-refractivity contribution < 1.29 is 18.0 Å². The number of carbonyl (C=O) groups excluding carboxylic acids is 2. The van der Waals surface area contributed by atoms with E-state index in [9.17, 15) is 18.0 Å². The molecule has 0 aliphatic carbocycles. The molecule has 3 rings (SSSR count). The van der Waals surface area contributed by atoms with Crippen molar-refractivity contribution in [2.24, 2.45) is 0 Å². The van der Waals surface area contributed by atoms with Crippen LogP contribution in [0.5, 0.6) is 0 Å². The van der Waals surface area contributed by atoms with Crippen LogP contribution in [0.25, 0.3) is 0 Å². The van der Waals surface area contributed by atoms with Crippen LogP contribution in [0.2, 0.25) is 10.0 Å². The standard InChI is InChI=1S/C29H33Cl2N3O4S/c1-4-16-32-29(36)27(17-22-11-6-5-7-12-22)33(19-23-13-9-8-10-21(23)2)28(35)20-34(39(3,37)38)24-14-15-25(30)26(31)18-24/h5-15,18,27H,4,16-17,19-20H2,1-3H3,(H,32,36). The van der Waals surface area contributed by atoms with Gasteiger partial charge in [0.25, 0.3) is 0 Å². The van der Waals surface area contributed by atoms with Crippen molar-refractivity contribution in [1.82, 2.24) is 10.2 Å². The molecule has 0 saturated carbocycles. The quantitative estimate of drug-likeness (QED) is 0.313. The lowest BCUT2D eigenvalue weighted by atomic mass is 10.0. The molecule has 0 saturated heterocycles. The number of sulfonamides is 1. The highest BCUT2D eigenvalue weighted by atomic mass is 35.5. The molecule has 1 N–H and O–H groups in total. The van der Waals surface area contributed by atoms with Gasteiger partial charge in [0.2, 0.25) is 21.8 Å². The predicted molar refractivity (Wildman–Crippen MR) is 158 cm³/mol. The van der Waals surface area contributed by atoms with Gasteiger partial charge in [0.15, 0.2) is 0 Å². The fourth-order valence-corrected chi connectivity index (χ4v) is 5.28. The third-order valence-electron chi connectivity index (χ3n) is 6.29. The zero-order chi connectivity index (χ0) is 28.6. The van der Waals surface area contributed by atoms with Gasteiger partial charge in [-0.3, -0.25) is 13.9 Å². The maximum atomic E-state index is 14.0. The second-order valence-electron chi connectivity index (χ2n) is 9.31. The Hall–Kier alpha value is -3.07. The summed E-state index contributed by atoms with van der Waals surface area (Å²) in [5.74, 6) is -0.828. The molecule has 0 fully saturated rings. The minimum Gasteiger partial charge on any atom is -0.354 e. The lowest BCUT2D eigenvalue weighted by Gasteiger charge is -2.34. The van der Waals surface area contributed by atoms with Gasteiger partial charge in [-0.05, 0) is 48.2 Å². The van der Waals surface area contributed by atoms with E-state index < -0.39 is 28.5 Å². The second kappa shape index (κ2) is 13.8. The molecular weight excluding hydrogens is 557 g/mol. The minimum atomic E-state index is -3.89. The summed E-state index contributed by atoms with van der Waals surface area (Å²) in [5, 5.41) is 3.34. The first-order valence-corrected chi connectivity index (χ1v) is 15.2. The molecule has 1 atom stereocenters. The fourth-order valence-electron chi connectivity index (χ4n) is 4.14. The van der Waals surface area contributed by atoms with E-state index in [-0.39, 0.29) is 34.6 Å². The SMILES string of the molecule is CCCNC(=O)C(Cc1ccccc1)N(Cc1ccccc1C)C(=O)CN(c1ccc(Cl)c(Cl)c1)S(C)(=O)=O. The number of amides is 2. The Labute approximate surface area is 240 Å². The molecule has 3 aromatic rings. The van der Waals surface area contributed by atoms with Crippen molar-refractivity contribution in [3.05, 3.63) is 99.5 Å². The maximum absolute atomic E-state index is 14.0. The van der Waals surface area contributed by atoms with Gasteiger partial charge in [-0.25, -0.2) is 8.42 Å². The number of hydrogen-bond donors (Lipinski definition) is 1. The normalized spacial score (nSPS) is 12.0. The van der Waals surface area contributed by atoms with E-state index in [1.807, 2.05) is 68.4 Å². The Kier molecular flexibility index (Phi) is 10.8. The first-order chi connectivity index (χ1) is 18.5. The van der Waals surface area contributed by atoms with E-state index in [1.165, 1.54) is 23.1 Å². The Morgan fingerprint density at radius 1 is 0.949 bits per heavy atom. The summed E-state index contributed by atoms with van der Waals surface area (Å²) in [6.45, 7) is 3.94. The van der Waals surface area contributed by atoms with Crippen LogP contribution in [0.1, 0.15) is 30.0 Å². The third-order valence-corrected chi connectivity index (χ3v) is 8.17. The number of benzene rings is 3. The number of nitrogens with zero attached hydrogens (tertiary/aromatic N) is 2. The molecule has 2 amide bonds. The summed E-state index contributed by atoms with van der Waals surface area (Å²) in [7, 11) is -3.89. The van der Waals surface area contributed by atoms with Crippen LogP contribution in [-0.2, 0) is 32.6 Å². The van der Waals surface area contributed by atoms with E-state index in [0.717, 1.165) is 33.7 Å². The van der Waals surface area contributed by atoms with Gasteiger partial charge < -0.3 is 10.2 Å². The summed E-state index contributed by atoms with van der Waals surface area (Å²) in [6, 6.07) is 20.5. The molecule has 0 spiro atoms. The highest BCUT2D eigenvalue weighted by Gasteiger charge is 2.33. The largest absolute Gasteiger partial charge is 0.354 e. The summed E-state index contributed by atoms with van der Waals surface area (Å²) >= 11 is 12.2. The van der Waals surface area contributed by atoms with Crippen LogP contribution < -0.4 is 9.62 Å². The monoisotopic (exact) mass is 589 g/mol. The molecule has 0 bridgehead atoms. The summed E-state index contributed by atoms with van der Waals surface area (Å²) in [6.07, 6.45) is 2.01. The van der Waals surface area contributed by atoms with Gasteiger partial charge >= 0.3 is 0 Å². The highest BCUT2D eigenvalue weighted by molar-refractivity contribution is 7.92. The highest BCUT2D eigenvalue weighted by Crippen LogP contribution is 2.29. The number of hydrogen-bond acceptors (Lipinski definition) is 4. The third kappa shape index (κ3) is 8.46. The molecule has 208 valence electrons. The number of aryl methyl sites for hydroxylation is 1. The molecule has 0 radical (unpaired) electrons. The number of rotatable bonds is 12. The topological polar surface area (TPSA) is 86.8 Å². The Bertz CT molecular complexity index is 1400. The molecule has 0 heterocycles. The predicted octanol–water partition coefficient (Wildman–Crippen LogP) is 5.23. The van der Waals surface area contributed by atoms with Crippen molar-refractivity contribution in [3.8, 4) is 0 Å². The van der Waals surface area contributed by atoms with E-state index in [0.29, 0.717) is 6.54 Å². The summed E-state index contributed by atoms with van der Waals surface area (Å²) < 4.78 is 26.6. The van der Waals surface area contributed by atoms with Gasteiger partial charge in [-0.1, -0.05) is 84.7 Å². The maximum Gasteiger partial charge on any atom is 0.244 e. The number of carbonyl (C=O) groups is 2. The number of anilines is 1. The average Bonchev–Trinajstić information content (AvgIpc) is 2.90. The zero-order valence-electron chi connectivity index (χ0n) is 22.2. The first-order valence-electron chi connectivity index (χ1n) is 12.6. The molecule has 39 heavy (non-hydrogen) atoms. The Balaban J connectivity index is 2.06. The van der Waals surface area contributed by atoms with Crippen LogP contribution in [0, 0.1) is 6.92 Å². The molecule has 7 nitrogen and oxygen atoms in total. The van der Waals surface area contributed by atoms with Crippen LogP contribution in [0.3, 0.4) is 0 Å². The van der Waals surface area contributed by atoms with Gasteiger partial charge in [0.05, 0.1) is 22.0 Å². The second-order valence-corrected chi connectivity index (χ2v) is 12.0. The molecule has 10 heteroatoms. The van der Waals surface area contributed by atoms with Crippen molar-refractivity contribution >= 4 is 50.7 Å². The molecule has 0 aliphatic heterocycles. The smallest absolute Gasteiger partial charge is 0.244 e. The van der Waals surface area contributed by atoms with Crippen molar-refractivity contribution in [2.45, 2.75) is 39.3 Å². The Morgan fingerprint density at radius 2 is 1.62 bits per heavy atom. The van der Waals surface area contributed by atoms with Crippen molar-refractivity contribution in [3.63, 3.8) is 0 Å². The van der Waals surface area contributed by atoms with E-state index >= 15 is 0 Å². The van der Waals surface area contributed by atoms with Crippen molar-refractivity contribution in [2.75, 3.05) is 23.7 Å². The molecule has 0 aromatic heterocycles. The molecular formula is C29H33Cl2N3O4S. The number of halogens is 2. The first kappa shape index (κ1) is 30.5. The molecule has 3 aromatic carbocycles. The number of nitrogens with one attached hydrogen (secondary N) is 1. The molecule has 0 aliphatic rings. The van der Waals surface area contributed by atoms with E-state index in [4.69, 9.17) is 23.2 Å². The van der Waals surface area contributed by atoms with Crippen molar-refractivity contribution in [1.29, 1.82) is 0 Å². The minimum absolute atomic E-state index is 0.127. The zero-order valence-corrected chi connectivity index (χ0v) is 24.6. The van der Waals surface area contributed by atoms with Gasteiger partial charge in [-0.15, -0.1) is 0 Å². The average molecular weight is 591 g/mol. The fraction of sp³-hybridized carbons (Fsp3) is 0.310. The van der Waals surface area contributed by atoms with Crippen LogP contribution >= 0.6 is 23.2 Å². The summed E-state index contributed by atoms with van der Waals surface area (Å²) in [5.41, 5.74) is 2.88. The van der Waals surface area contributed by atoms with E-state index in [2.05, 4.69) is 5.32 Å². The lowest BCUT2D eigenvalue weighted by molar-refractivity contribution is -0.140. The van der Waals surface area contributed by atoms with Crippen LogP contribution in [0.15, 0.2) is 72.8 Å². The summed E-state index contributed by atoms with van der Waals surface area (Å²) in [4.78, 5) is 29.0. The Morgan fingerprint density at radius 3 is 2.23 bits per heavy atom. The van der Waals surface area contributed by atoms with Gasteiger partial charge in [0, 0.05) is 19.5 Å². The van der Waals surface area contributed by atoms with Crippen LogP contribution in [-0.4, -0.2) is 50.5 Å². The molecule has 1 unspecified atom stereocenters. The van der Waals surface area contributed by atoms with Gasteiger partial charge in [-0.2, -0.15) is 0 Å². The van der Waals surface area contributed by atoms with E-state index in [1.54, 1.807) is 0 Å². The van der Waals surface area contributed by atoms with Gasteiger partial charge in [0.1, 0.15) is 12.6 Å².